The van der Waals surface area contributed by atoms with Gasteiger partial charge >= 0.3 is 6.01 Å². The molecule has 0 aliphatic carbocycles. The van der Waals surface area contributed by atoms with Crippen LogP contribution in [0.4, 0.5) is 11.9 Å². The van der Waals surface area contributed by atoms with E-state index in [4.69, 9.17) is 15.3 Å². The summed E-state index contributed by atoms with van der Waals surface area (Å²) in [5.74, 6) is 6.91. The zero-order valence-electron chi connectivity index (χ0n) is 12.1. The van der Waals surface area contributed by atoms with Crippen LogP contribution in [0.3, 0.4) is 0 Å². The summed E-state index contributed by atoms with van der Waals surface area (Å²) in [6, 6.07) is 0.339. The summed E-state index contributed by atoms with van der Waals surface area (Å²) >= 11 is 0. The van der Waals surface area contributed by atoms with E-state index < -0.39 is 0 Å². The second-order valence-electron chi connectivity index (χ2n) is 5.45. The highest BCUT2D eigenvalue weighted by Crippen LogP contribution is 2.20. The van der Waals surface area contributed by atoms with Crippen molar-refractivity contribution in [1.82, 2.24) is 15.0 Å². The molecule has 1 aromatic rings. The van der Waals surface area contributed by atoms with Crippen LogP contribution in [0.1, 0.15) is 25.7 Å². The maximum atomic E-state index is 5.75. The maximum absolute atomic E-state index is 5.75. The van der Waals surface area contributed by atoms with Crippen LogP contribution in [-0.4, -0.2) is 47.9 Å². The van der Waals surface area contributed by atoms with Gasteiger partial charge in [-0.05, 0) is 31.6 Å². The molecule has 0 unspecified atom stereocenters. The summed E-state index contributed by atoms with van der Waals surface area (Å²) < 4.78 is 11.1. The minimum Gasteiger partial charge on any atom is -0.463 e. The largest absolute Gasteiger partial charge is 0.463 e. The van der Waals surface area contributed by atoms with Crippen LogP contribution in [0, 0.1) is 5.92 Å². The number of anilines is 2. The molecular weight excluding hydrogens is 272 g/mol. The van der Waals surface area contributed by atoms with Crippen molar-refractivity contribution in [2.75, 3.05) is 43.2 Å². The molecule has 1 aromatic heterocycles. The van der Waals surface area contributed by atoms with Gasteiger partial charge in [0.2, 0.25) is 11.9 Å². The van der Waals surface area contributed by atoms with Crippen molar-refractivity contribution >= 4 is 11.9 Å². The highest BCUT2D eigenvalue weighted by molar-refractivity contribution is 5.38. The van der Waals surface area contributed by atoms with Crippen LogP contribution in [0.25, 0.3) is 0 Å². The average Bonchev–Trinajstić information content (AvgIpc) is 3.08. The lowest BCUT2D eigenvalue weighted by Gasteiger charge is -2.22. The number of rotatable bonds is 5. The van der Waals surface area contributed by atoms with Crippen LogP contribution < -0.4 is 20.9 Å². The molecule has 0 bridgehead atoms. The van der Waals surface area contributed by atoms with E-state index in [1.54, 1.807) is 0 Å². The van der Waals surface area contributed by atoms with Crippen molar-refractivity contribution < 1.29 is 9.47 Å². The molecular formula is C13H22N6O2. The van der Waals surface area contributed by atoms with Crippen molar-refractivity contribution in [3.05, 3.63) is 0 Å². The van der Waals surface area contributed by atoms with Crippen LogP contribution in [-0.2, 0) is 4.74 Å². The number of hydrazine groups is 1. The van der Waals surface area contributed by atoms with Crippen molar-refractivity contribution in [3.8, 4) is 6.01 Å². The SMILES string of the molecule is NNc1nc(OCC2CCOCC2)nc(N2CCCC2)n1. The fourth-order valence-corrected chi connectivity index (χ4v) is 2.64. The number of hydrogen-bond donors (Lipinski definition) is 2. The lowest BCUT2D eigenvalue weighted by molar-refractivity contribution is 0.0482. The number of ether oxygens (including phenoxy) is 2. The van der Waals surface area contributed by atoms with Gasteiger partial charge in [0.05, 0.1) is 6.61 Å². The van der Waals surface area contributed by atoms with Gasteiger partial charge in [-0.1, -0.05) is 0 Å². The molecule has 3 N–H and O–H groups in total. The van der Waals surface area contributed by atoms with E-state index in [1.807, 2.05) is 0 Å². The summed E-state index contributed by atoms with van der Waals surface area (Å²) in [5, 5.41) is 0. The van der Waals surface area contributed by atoms with Crippen LogP contribution in [0.2, 0.25) is 0 Å². The van der Waals surface area contributed by atoms with Crippen molar-refractivity contribution in [2.45, 2.75) is 25.7 Å². The van der Waals surface area contributed by atoms with E-state index in [2.05, 4.69) is 25.3 Å². The molecule has 8 heteroatoms. The first-order valence-electron chi connectivity index (χ1n) is 7.53. The van der Waals surface area contributed by atoms with Crippen LogP contribution >= 0.6 is 0 Å². The highest BCUT2D eigenvalue weighted by atomic mass is 16.5. The number of nitrogens with zero attached hydrogens (tertiary/aromatic N) is 4. The van der Waals surface area contributed by atoms with E-state index in [0.29, 0.717) is 30.4 Å². The highest BCUT2D eigenvalue weighted by Gasteiger charge is 2.19. The minimum absolute atomic E-state index is 0.339. The molecule has 2 aliphatic heterocycles. The zero-order chi connectivity index (χ0) is 14.5. The van der Waals surface area contributed by atoms with Crippen molar-refractivity contribution in [3.63, 3.8) is 0 Å². The number of aromatic nitrogens is 3. The number of nitrogens with one attached hydrogen (secondary N) is 1. The first-order valence-corrected chi connectivity index (χ1v) is 7.53. The van der Waals surface area contributed by atoms with E-state index in [-0.39, 0.29) is 0 Å². The first-order chi connectivity index (χ1) is 10.3. The Morgan fingerprint density at radius 3 is 2.67 bits per heavy atom. The molecule has 0 radical (unpaired) electrons. The summed E-state index contributed by atoms with van der Waals surface area (Å²) in [7, 11) is 0. The molecule has 21 heavy (non-hydrogen) atoms. The molecule has 0 spiro atoms. The standard InChI is InChI=1S/C13H22N6O2/c14-18-11-15-12(19-5-1-2-6-19)17-13(16-11)21-9-10-3-7-20-8-4-10/h10H,1-9,14H2,(H,15,16,17,18). The summed E-state index contributed by atoms with van der Waals surface area (Å²) in [6.45, 7) is 4.15. The van der Waals surface area contributed by atoms with Gasteiger partial charge in [-0.15, -0.1) is 0 Å². The molecule has 116 valence electrons. The van der Waals surface area contributed by atoms with Crippen molar-refractivity contribution in [1.29, 1.82) is 0 Å². The zero-order valence-corrected chi connectivity index (χ0v) is 12.1. The Morgan fingerprint density at radius 1 is 1.19 bits per heavy atom. The Labute approximate surface area is 124 Å². The number of hydrogen-bond acceptors (Lipinski definition) is 8. The molecule has 2 fully saturated rings. The third-order valence-corrected chi connectivity index (χ3v) is 3.91. The topological polar surface area (TPSA) is 98.4 Å². The van der Waals surface area contributed by atoms with Crippen LogP contribution in [0.5, 0.6) is 6.01 Å². The average molecular weight is 294 g/mol. The Kier molecular flexibility index (Phi) is 4.66. The van der Waals surface area contributed by atoms with Gasteiger partial charge in [0.1, 0.15) is 0 Å². The van der Waals surface area contributed by atoms with E-state index >= 15 is 0 Å². The quantitative estimate of drug-likeness (QED) is 0.600. The monoisotopic (exact) mass is 294 g/mol. The lowest BCUT2D eigenvalue weighted by Crippen LogP contribution is -2.24. The molecule has 8 nitrogen and oxygen atoms in total. The van der Waals surface area contributed by atoms with Gasteiger partial charge < -0.3 is 14.4 Å². The second-order valence-corrected chi connectivity index (χ2v) is 5.45. The summed E-state index contributed by atoms with van der Waals surface area (Å²) in [5.41, 5.74) is 2.48. The predicted octanol–water partition coefficient (Wildman–Crippen LogP) is 0.563. The Hall–Kier alpha value is -1.67. The van der Waals surface area contributed by atoms with Gasteiger partial charge in [0.25, 0.3) is 0 Å². The number of nitrogens with two attached hydrogens (primary N) is 1. The third kappa shape index (κ3) is 3.70. The molecule has 2 aliphatic rings. The summed E-state index contributed by atoms with van der Waals surface area (Å²) in [6.07, 6.45) is 4.36. The maximum Gasteiger partial charge on any atom is 0.323 e. The van der Waals surface area contributed by atoms with E-state index in [1.165, 1.54) is 0 Å². The Morgan fingerprint density at radius 2 is 1.95 bits per heavy atom. The van der Waals surface area contributed by atoms with Gasteiger partial charge in [-0.25, -0.2) is 5.84 Å². The third-order valence-electron chi connectivity index (χ3n) is 3.91. The normalized spacial score (nSPS) is 19.8. The first kappa shape index (κ1) is 14.3. The fraction of sp³-hybridized carbons (Fsp3) is 0.769. The molecule has 3 heterocycles. The molecule has 2 saturated heterocycles. The van der Waals surface area contributed by atoms with E-state index in [9.17, 15) is 0 Å². The Bertz CT molecular complexity index is 460. The molecule has 3 rings (SSSR count). The van der Waals surface area contributed by atoms with Crippen molar-refractivity contribution in [2.24, 2.45) is 11.8 Å². The fourth-order valence-electron chi connectivity index (χ4n) is 2.64. The predicted molar refractivity (Wildman–Crippen MR) is 78.1 cm³/mol. The molecule has 0 saturated carbocycles. The van der Waals surface area contributed by atoms with Gasteiger partial charge in [0.15, 0.2) is 0 Å². The van der Waals surface area contributed by atoms with Gasteiger partial charge in [0, 0.05) is 26.3 Å². The second kappa shape index (κ2) is 6.86. The minimum atomic E-state index is 0.339. The van der Waals surface area contributed by atoms with Crippen LogP contribution in [0.15, 0.2) is 0 Å². The smallest absolute Gasteiger partial charge is 0.323 e. The summed E-state index contributed by atoms with van der Waals surface area (Å²) in [4.78, 5) is 15.0. The lowest BCUT2D eigenvalue weighted by atomic mass is 10.0. The Balaban J connectivity index is 1.66. The number of nitrogen functional groups attached to an aromatic ring is 1. The molecule has 0 amide bonds. The molecule has 0 atom stereocenters. The van der Waals surface area contributed by atoms with Gasteiger partial charge in [-0.2, -0.15) is 15.0 Å². The van der Waals surface area contributed by atoms with Gasteiger partial charge in [-0.3, -0.25) is 5.43 Å². The molecule has 0 aromatic carbocycles. The van der Waals surface area contributed by atoms with E-state index in [0.717, 1.165) is 52.0 Å².